The molecule has 1 aliphatic carbocycles. The van der Waals surface area contributed by atoms with Gasteiger partial charge in [-0.2, -0.15) is 0 Å². The Kier molecular flexibility index (Phi) is 4.20. The molecule has 1 saturated carbocycles. The second-order valence-corrected chi connectivity index (χ2v) is 5.65. The lowest BCUT2D eigenvalue weighted by Crippen LogP contribution is -2.17. The van der Waals surface area contributed by atoms with Gasteiger partial charge in [0.05, 0.1) is 0 Å². The van der Waals surface area contributed by atoms with Crippen LogP contribution in [-0.4, -0.2) is 28.5 Å². The fraction of sp³-hybridized carbons (Fsp3) is 0.500. The number of hydrogen-bond donors (Lipinski definition) is 2. The van der Waals surface area contributed by atoms with Crippen LogP contribution >= 0.6 is 0 Å². The number of fused-ring (bicyclic) bond motifs is 1. The van der Waals surface area contributed by atoms with E-state index in [9.17, 15) is 4.79 Å². The van der Waals surface area contributed by atoms with Gasteiger partial charge in [-0.3, -0.25) is 4.79 Å². The lowest BCUT2D eigenvalue weighted by molar-refractivity contribution is -0.120. The third-order valence-corrected chi connectivity index (χ3v) is 3.96. The number of aromatic nitrogens is 2. The zero-order chi connectivity index (χ0) is 14.7. The Morgan fingerprint density at radius 2 is 2.33 bits per heavy atom. The maximum Gasteiger partial charge on any atom is 0.219 e. The van der Waals surface area contributed by atoms with Crippen LogP contribution in [0.1, 0.15) is 31.2 Å². The highest BCUT2D eigenvalue weighted by Crippen LogP contribution is 2.23. The summed E-state index contributed by atoms with van der Waals surface area (Å²) in [5.74, 6) is 0.0926. The Morgan fingerprint density at radius 3 is 3.10 bits per heavy atom. The molecular weight excluding hydrogens is 264 g/mol. The SMILES string of the molecule is CNC(=O)CCCn1cc(CNC2CC2)c2cccnc21. The lowest BCUT2D eigenvalue weighted by atomic mass is 10.2. The van der Waals surface area contributed by atoms with Crippen LogP contribution in [0, 0.1) is 0 Å². The lowest BCUT2D eigenvalue weighted by Gasteiger charge is -2.04. The average molecular weight is 286 g/mol. The molecular formula is C16H22N4O. The summed E-state index contributed by atoms with van der Waals surface area (Å²) in [4.78, 5) is 15.8. The van der Waals surface area contributed by atoms with Gasteiger partial charge in [-0.05, 0) is 37.0 Å². The maximum atomic E-state index is 11.3. The molecule has 0 bridgehead atoms. The molecule has 0 atom stereocenters. The van der Waals surface area contributed by atoms with Crippen molar-refractivity contribution in [3.63, 3.8) is 0 Å². The van der Waals surface area contributed by atoms with Crippen molar-refractivity contribution in [2.75, 3.05) is 7.05 Å². The van der Waals surface area contributed by atoms with E-state index >= 15 is 0 Å². The zero-order valence-electron chi connectivity index (χ0n) is 12.4. The summed E-state index contributed by atoms with van der Waals surface area (Å²) >= 11 is 0. The summed E-state index contributed by atoms with van der Waals surface area (Å²) in [6, 6.07) is 4.81. The van der Waals surface area contributed by atoms with Crippen LogP contribution in [0.4, 0.5) is 0 Å². The van der Waals surface area contributed by atoms with Gasteiger partial charge in [-0.1, -0.05) is 0 Å². The van der Waals surface area contributed by atoms with Crippen molar-refractivity contribution in [3.8, 4) is 0 Å². The molecule has 21 heavy (non-hydrogen) atoms. The van der Waals surface area contributed by atoms with Gasteiger partial charge in [0.15, 0.2) is 0 Å². The Labute approximate surface area is 124 Å². The average Bonchev–Trinajstić information content (AvgIpc) is 3.28. The van der Waals surface area contributed by atoms with E-state index in [0.717, 1.165) is 25.2 Å². The molecule has 0 aliphatic heterocycles. The number of pyridine rings is 1. The third-order valence-electron chi connectivity index (χ3n) is 3.96. The molecule has 1 amide bonds. The first-order chi connectivity index (χ1) is 10.3. The normalized spacial score (nSPS) is 14.5. The largest absolute Gasteiger partial charge is 0.359 e. The maximum absolute atomic E-state index is 11.3. The number of nitrogens with one attached hydrogen (secondary N) is 2. The molecule has 0 spiro atoms. The molecule has 0 aromatic carbocycles. The molecule has 1 aliphatic rings. The van der Waals surface area contributed by atoms with Gasteiger partial charge in [0, 0.05) is 50.4 Å². The van der Waals surface area contributed by atoms with E-state index in [0.29, 0.717) is 12.5 Å². The summed E-state index contributed by atoms with van der Waals surface area (Å²) in [5.41, 5.74) is 2.31. The van der Waals surface area contributed by atoms with E-state index in [4.69, 9.17) is 0 Å². The summed E-state index contributed by atoms with van der Waals surface area (Å²) in [6.45, 7) is 1.72. The van der Waals surface area contributed by atoms with Crippen LogP contribution < -0.4 is 10.6 Å². The quantitative estimate of drug-likeness (QED) is 0.816. The topological polar surface area (TPSA) is 59.0 Å². The van der Waals surface area contributed by atoms with E-state index in [1.54, 1.807) is 7.05 Å². The molecule has 0 unspecified atom stereocenters. The van der Waals surface area contributed by atoms with Crippen LogP contribution in [0.15, 0.2) is 24.5 Å². The third kappa shape index (κ3) is 3.42. The van der Waals surface area contributed by atoms with Crippen LogP contribution in [0.2, 0.25) is 0 Å². The van der Waals surface area contributed by atoms with Gasteiger partial charge in [-0.25, -0.2) is 4.98 Å². The Bertz CT molecular complexity index is 630. The number of amides is 1. The molecule has 5 heteroatoms. The van der Waals surface area contributed by atoms with Gasteiger partial charge in [0.1, 0.15) is 5.65 Å². The van der Waals surface area contributed by atoms with Gasteiger partial charge in [0.25, 0.3) is 0 Å². The fourth-order valence-electron chi connectivity index (χ4n) is 2.58. The van der Waals surface area contributed by atoms with Gasteiger partial charge >= 0.3 is 0 Å². The monoisotopic (exact) mass is 286 g/mol. The highest BCUT2D eigenvalue weighted by atomic mass is 16.1. The molecule has 0 saturated heterocycles. The fourth-order valence-corrected chi connectivity index (χ4v) is 2.58. The first kappa shape index (κ1) is 14.1. The van der Waals surface area contributed by atoms with E-state index in [1.807, 2.05) is 12.3 Å². The summed E-state index contributed by atoms with van der Waals surface area (Å²) in [5, 5.41) is 7.43. The first-order valence-corrected chi connectivity index (χ1v) is 7.64. The molecule has 2 heterocycles. The van der Waals surface area contributed by atoms with E-state index in [2.05, 4.69) is 32.4 Å². The van der Waals surface area contributed by atoms with E-state index in [1.165, 1.54) is 23.8 Å². The van der Waals surface area contributed by atoms with Crippen LogP contribution in [-0.2, 0) is 17.9 Å². The van der Waals surface area contributed by atoms with Gasteiger partial charge in [-0.15, -0.1) is 0 Å². The van der Waals surface area contributed by atoms with Crippen LogP contribution in [0.25, 0.3) is 11.0 Å². The number of carbonyl (C=O) groups is 1. The number of aryl methyl sites for hydroxylation is 1. The smallest absolute Gasteiger partial charge is 0.219 e. The summed E-state index contributed by atoms with van der Waals surface area (Å²) < 4.78 is 2.17. The van der Waals surface area contributed by atoms with Crippen molar-refractivity contribution in [2.24, 2.45) is 0 Å². The highest BCUT2D eigenvalue weighted by Gasteiger charge is 2.21. The highest BCUT2D eigenvalue weighted by molar-refractivity contribution is 5.80. The minimum atomic E-state index is 0.0926. The Morgan fingerprint density at radius 1 is 1.48 bits per heavy atom. The van der Waals surface area contributed by atoms with Gasteiger partial charge in [0.2, 0.25) is 5.91 Å². The zero-order valence-corrected chi connectivity index (χ0v) is 12.4. The van der Waals surface area contributed by atoms with E-state index < -0.39 is 0 Å². The van der Waals surface area contributed by atoms with Crippen molar-refractivity contribution in [3.05, 3.63) is 30.1 Å². The predicted molar refractivity (Wildman–Crippen MR) is 82.9 cm³/mol. The number of hydrogen-bond acceptors (Lipinski definition) is 3. The molecule has 3 rings (SSSR count). The van der Waals surface area contributed by atoms with Crippen LogP contribution in [0.3, 0.4) is 0 Å². The number of nitrogens with zero attached hydrogens (tertiary/aromatic N) is 2. The standard InChI is InChI=1S/C16H22N4O/c1-17-15(21)5-3-9-20-11-12(10-19-13-6-7-13)14-4-2-8-18-16(14)20/h2,4,8,11,13,19H,3,5-7,9-10H2,1H3,(H,17,21). The van der Waals surface area contributed by atoms with Crippen molar-refractivity contribution in [2.45, 2.75) is 44.8 Å². The van der Waals surface area contributed by atoms with Crippen molar-refractivity contribution >= 4 is 16.9 Å². The molecule has 1 fully saturated rings. The molecule has 5 nitrogen and oxygen atoms in total. The molecule has 2 aromatic rings. The van der Waals surface area contributed by atoms with Crippen molar-refractivity contribution in [1.82, 2.24) is 20.2 Å². The molecule has 112 valence electrons. The van der Waals surface area contributed by atoms with Crippen LogP contribution in [0.5, 0.6) is 0 Å². The van der Waals surface area contributed by atoms with Crippen molar-refractivity contribution in [1.29, 1.82) is 0 Å². The first-order valence-electron chi connectivity index (χ1n) is 7.64. The number of rotatable bonds is 7. The van der Waals surface area contributed by atoms with E-state index in [-0.39, 0.29) is 5.91 Å². The summed E-state index contributed by atoms with van der Waals surface area (Å²) in [7, 11) is 1.68. The Balaban J connectivity index is 1.72. The molecule has 2 aromatic heterocycles. The van der Waals surface area contributed by atoms with Crippen molar-refractivity contribution < 1.29 is 4.79 Å². The Hall–Kier alpha value is -1.88. The summed E-state index contributed by atoms with van der Waals surface area (Å²) in [6.07, 6.45) is 7.98. The predicted octanol–water partition coefficient (Wildman–Crippen LogP) is 1.81. The minimum Gasteiger partial charge on any atom is -0.359 e. The minimum absolute atomic E-state index is 0.0926. The second kappa shape index (κ2) is 6.26. The molecule has 2 N–H and O–H groups in total. The van der Waals surface area contributed by atoms with Gasteiger partial charge < -0.3 is 15.2 Å². The molecule has 0 radical (unpaired) electrons. The second-order valence-electron chi connectivity index (χ2n) is 5.65. The number of carbonyl (C=O) groups excluding carboxylic acids is 1.